The van der Waals surface area contributed by atoms with Gasteiger partial charge in [0.15, 0.2) is 0 Å². The summed E-state index contributed by atoms with van der Waals surface area (Å²) in [5.41, 5.74) is 0. The smallest absolute Gasteiger partial charge is 0.371 e. The molecule has 1 fully saturated rings. The topological polar surface area (TPSA) is 46.6 Å². The zero-order chi connectivity index (χ0) is 12.9. The van der Waals surface area contributed by atoms with Gasteiger partial charge in [-0.05, 0) is 0 Å². The van der Waals surface area contributed by atoms with Crippen molar-refractivity contribution >= 4 is 11.7 Å². The molecule has 1 heterocycles. The van der Waals surface area contributed by atoms with E-state index in [-0.39, 0.29) is 18.3 Å². The molecule has 0 aliphatic carbocycles. The van der Waals surface area contributed by atoms with E-state index in [9.17, 15) is 22.8 Å². The van der Waals surface area contributed by atoms with E-state index in [4.69, 9.17) is 0 Å². The lowest BCUT2D eigenvalue weighted by Gasteiger charge is -2.25. The van der Waals surface area contributed by atoms with Crippen LogP contribution in [0.15, 0.2) is 0 Å². The van der Waals surface area contributed by atoms with Crippen LogP contribution in [0.1, 0.15) is 19.3 Å². The van der Waals surface area contributed by atoms with Gasteiger partial charge in [-0.3, -0.25) is 9.59 Å². The maximum Gasteiger partial charge on any atom is 0.391 e. The average Bonchev–Trinajstić information content (AvgIpc) is 2.24. The number of ether oxygens (including phenoxy) is 1. The van der Waals surface area contributed by atoms with E-state index in [1.807, 2.05) is 0 Å². The van der Waals surface area contributed by atoms with Gasteiger partial charge in [0.05, 0.1) is 13.0 Å². The number of ketones is 1. The fourth-order valence-corrected chi connectivity index (χ4v) is 1.44. The monoisotopic (exact) mass is 253 g/mol. The fraction of sp³-hybridized carbons (Fsp3) is 0.800. The summed E-state index contributed by atoms with van der Waals surface area (Å²) >= 11 is 0. The minimum Gasteiger partial charge on any atom is -0.371 e. The molecule has 0 aromatic carbocycles. The predicted molar refractivity (Wildman–Crippen MR) is 52.3 cm³/mol. The standard InChI is InChI=1S/C10H14F3NO3/c11-10(12,13)3-6-17-7-9(16)14-4-1-8(15)2-5-14/h1-7H2. The maximum absolute atomic E-state index is 11.8. The molecule has 0 unspecified atom stereocenters. The highest BCUT2D eigenvalue weighted by Crippen LogP contribution is 2.18. The molecular weight excluding hydrogens is 239 g/mol. The van der Waals surface area contributed by atoms with Crippen LogP contribution in [0.2, 0.25) is 0 Å². The van der Waals surface area contributed by atoms with Crippen molar-refractivity contribution in [1.82, 2.24) is 4.90 Å². The molecule has 1 amide bonds. The molecule has 0 bridgehead atoms. The Morgan fingerprint density at radius 3 is 2.41 bits per heavy atom. The highest BCUT2D eigenvalue weighted by Gasteiger charge is 2.27. The number of carbonyl (C=O) groups excluding carboxylic acids is 2. The molecule has 98 valence electrons. The SMILES string of the molecule is O=C1CCN(C(=O)COCCC(F)(F)F)CC1. The van der Waals surface area contributed by atoms with E-state index < -0.39 is 19.2 Å². The second-order valence-electron chi connectivity index (χ2n) is 3.84. The first-order valence-electron chi connectivity index (χ1n) is 5.32. The summed E-state index contributed by atoms with van der Waals surface area (Å²) in [5, 5.41) is 0. The van der Waals surface area contributed by atoms with Gasteiger partial charge in [-0.25, -0.2) is 0 Å². The Kier molecular flexibility index (Phi) is 4.92. The number of hydrogen-bond donors (Lipinski definition) is 0. The molecular formula is C10H14F3NO3. The Bertz CT molecular complexity index is 281. The summed E-state index contributed by atoms with van der Waals surface area (Å²) in [6.07, 6.45) is -4.69. The lowest BCUT2D eigenvalue weighted by molar-refractivity contribution is -0.152. The lowest BCUT2D eigenvalue weighted by Crippen LogP contribution is -2.40. The minimum absolute atomic E-state index is 0.104. The molecule has 1 rings (SSSR count). The first-order chi connectivity index (χ1) is 7.88. The van der Waals surface area contributed by atoms with Gasteiger partial charge in [-0.1, -0.05) is 0 Å². The Labute approximate surface area is 96.7 Å². The van der Waals surface area contributed by atoms with Gasteiger partial charge in [0.25, 0.3) is 0 Å². The van der Waals surface area contributed by atoms with E-state index in [0.29, 0.717) is 25.9 Å². The van der Waals surface area contributed by atoms with Crippen molar-refractivity contribution in [2.45, 2.75) is 25.4 Å². The number of rotatable bonds is 4. The number of nitrogens with zero attached hydrogens (tertiary/aromatic N) is 1. The molecule has 4 nitrogen and oxygen atoms in total. The Hall–Kier alpha value is -1.11. The van der Waals surface area contributed by atoms with Crippen molar-refractivity contribution in [3.63, 3.8) is 0 Å². The van der Waals surface area contributed by atoms with Gasteiger partial charge >= 0.3 is 6.18 Å². The third kappa shape index (κ3) is 5.67. The van der Waals surface area contributed by atoms with Gasteiger partial charge in [0, 0.05) is 25.9 Å². The summed E-state index contributed by atoms with van der Waals surface area (Å²) < 4.78 is 40.0. The third-order valence-electron chi connectivity index (χ3n) is 2.43. The van der Waals surface area contributed by atoms with Crippen LogP contribution >= 0.6 is 0 Å². The van der Waals surface area contributed by atoms with Crippen LogP contribution in [-0.4, -0.2) is 49.1 Å². The van der Waals surface area contributed by atoms with Crippen LogP contribution in [0.3, 0.4) is 0 Å². The van der Waals surface area contributed by atoms with Crippen molar-refractivity contribution in [3.8, 4) is 0 Å². The van der Waals surface area contributed by atoms with E-state index in [1.165, 1.54) is 4.90 Å². The Morgan fingerprint density at radius 1 is 1.29 bits per heavy atom. The van der Waals surface area contributed by atoms with Crippen LogP contribution in [0, 0.1) is 0 Å². The maximum atomic E-state index is 11.8. The summed E-state index contributed by atoms with van der Waals surface area (Å²) in [6, 6.07) is 0. The summed E-state index contributed by atoms with van der Waals surface area (Å²) in [4.78, 5) is 23.8. The number of amides is 1. The average molecular weight is 253 g/mol. The number of alkyl halides is 3. The molecule has 0 saturated carbocycles. The molecule has 0 N–H and O–H groups in total. The summed E-state index contributed by atoms with van der Waals surface area (Å²) in [7, 11) is 0. The van der Waals surface area contributed by atoms with Crippen molar-refractivity contribution in [2.24, 2.45) is 0 Å². The number of halogens is 3. The number of Topliss-reactive ketones (excluding diaryl/α,β-unsaturated/α-hetero) is 1. The third-order valence-corrected chi connectivity index (χ3v) is 2.43. The van der Waals surface area contributed by atoms with Crippen molar-refractivity contribution in [2.75, 3.05) is 26.3 Å². The predicted octanol–water partition coefficient (Wildman–Crippen LogP) is 1.15. The van der Waals surface area contributed by atoms with Crippen LogP contribution in [0.5, 0.6) is 0 Å². The summed E-state index contributed by atoms with van der Waals surface area (Å²) in [6.45, 7) is -0.202. The molecule has 0 aromatic rings. The number of piperidine rings is 1. The van der Waals surface area contributed by atoms with Crippen LogP contribution in [0.25, 0.3) is 0 Å². The highest BCUT2D eigenvalue weighted by atomic mass is 19.4. The van der Waals surface area contributed by atoms with Crippen LogP contribution in [0.4, 0.5) is 13.2 Å². The second kappa shape index (κ2) is 6.00. The van der Waals surface area contributed by atoms with Crippen molar-refractivity contribution < 1.29 is 27.5 Å². The van der Waals surface area contributed by atoms with Gasteiger partial charge in [-0.15, -0.1) is 0 Å². The van der Waals surface area contributed by atoms with Gasteiger partial charge in [0.1, 0.15) is 12.4 Å². The van der Waals surface area contributed by atoms with Gasteiger partial charge in [0.2, 0.25) is 5.91 Å². The Balaban J connectivity index is 2.15. The van der Waals surface area contributed by atoms with Crippen LogP contribution < -0.4 is 0 Å². The quantitative estimate of drug-likeness (QED) is 0.706. The zero-order valence-corrected chi connectivity index (χ0v) is 9.26. The molecule has 1 aliphatic heterocycles. The number of carbonyl (C=O) groups is 2. The first kappa shape index (κ1) is 14.0. The molecule has 0 atom stereocenters. The largest absolute Gasteiger partial charge is 0.391 e. The Morgan fingerprint density at radius 2 is 1.88 bits per heavy atom. The van der Waals surface area contributed by atoms with E-state index in [0.717, 1.165) is 0 Å². The first-order valence-corrected chi connectivity index (χ1v) is 5.32. The van der Waals surface area contributed by atoms with Crippen molar-refractivity contribution in [1.29, 1.82) is 0 Å². The van der Waals surface area contributed by atoms with Crippen LogP contribution in [-0.2, 0) is 14.3 Å². The zero-order valence-electron chi connectivity index (χ0n) is 9.26. The summed E-state index contributed by atoms with van der Waals surface area (Å²) in [5.74, 6) is -0.258. The number of likely N-dealkylation sites (tertiary alicyclic amines) is 1. The van der Waals surface area contributed by atoms with E-state index in [1.54, 1.807) is 0 Å². The van der Waals surface area contributed by atoms with E-state index >= 15 is 0 Å². The second-order valence-corrected chi connectivity index (χ2v) is 3.84. The minimum atomic E-state index is -4.26. The molecule has 1 aliphatic rings. The van der Waals surface area contributed by atoms with Crippen molar-refractivity contribution in [3.05, 3.63) is 0 Å². The lowest BCUT2D eigenvalue weighted by atomic mass is 10.1. The van der Waals surface area contributed by atoms with E-state index in [2.05, 4.69) is 4.74 Å². The molecule has 0 aromatic heterocycles. The van der Waals surface area contributed by atoms with Gasteiger partial charge in [-0.2, -0.15) is 13.2 Å². The molecule has 7 heteroatoms. The van der Waals surface area contributed by atoms with Gasteiger partial charge < -0.3 is 9.64 Å². The molecule has 0 spiro atoms. The molecule has 0 radical (unpaired) electrons. The highest BCUT2D eigenvalue weighted by molar-refractivity contribution is 5.83. The molecule has 17 heavy (non-hydrogen) atoms. The normalized spacial score (nSPS) is 17.4. The fourth-order valence-electron chi connectivity index (χ4n) is 1.44. The molecule has 1 saturated heterocycles. The number of hydrogen-bond acceptors (Lipinski definition) is 3.